The molecule has 1 unspecified atom stereocenters. The number of hydrogen-bond donors (Lipinski definition) is 0. The fraction of sp³-hybridized carbons (Fsp3) is 0.300. The van der Waals surface area contributed by atoms with Gasteiger partial charge in [-0.25, -0.2) is 0 Å². The molecule has 0 aliphatic carbocycles. The molecular weight excluding hydrogens is 184 g/mol. The third-order valence-corrected chi connectivity index (χ3v) is 2.76. The Balaban J connectivity index is 2.79. The average molecular weight is 196 g/mol. The van der Waals surface area contributed by atoms with E-state index in [4.69, 9.17) is 4.74 Å². The minimum atomic E-state index is -0.192. The number of rotatable bonds is 4. The number of allylic oxidation sites excluding steroid dienone is 1. The van der Waals surface area contributed by atoms with Crippen molar-refractivity contribution < 1.29 is 9.53 Å². The molecule has 0 N–H and O–H groups in total. The minimum Gasteiger partial charge on any atom is -0.469 e. The third kappa shape index (κ3) is 2.42. The maximum Gasteiger partial charge on any atom is 0.314 e. The lowest BCUT2D eigenvalue weighted by Gasteiger charge is -2.09. The second-order valence-electron chi connectivity index (χ2n) is 2.62. The number of thiophene rings is 1. The number of ether oxygens (including phenoxy) is 1. The Bertz CT molecular complexity index is 277. The Hall–Kier alpha value is -1.09. The zero-order valence-electron chi connectivity index (χ0n) is 7.53. The maximum absolute atomic E-state index is 11.3. The van der Waals surface area contributed by atoms with Crippen LogP contribution in [0.15, 0.2) is 30.2 Å². The van der Waals surface area contributed by atoms with Crippen molar-refractivity contribution in [2.45, 2.75) is 12.3 Å². The molecule has 0 aliphatic heterocycles. The summed E-state index contributed by atoms with van der Waals surface area (Å²) >= 11 is 1.57. The molecule has 1 atom stereocenters. The van der Waals surface area contributed by atoms with Crippen LogP contribution in [0.25, 0.3) is 0 Å². The van der Waals surface area contributed by atoms with Crippen molar-refractivity contribution in [1.82, 2.24) is 0 Å². The van der Waals surface area contributed by atoms with Gasteiger partial charge in [0, 0.05) is 4.88 Å². The van der Waals surface area contributed by atoms with E-state index in [2.05, 4.69) is 6.58 Å². The Kier molecular flexibility index (Phi) is 3.71. The van der Waals surface area contributed by atoms with E-state index in [0.29, 0.717) is 6.42 Å². The van der Waals surface area contributed by atoms with Gasteiger partial charge in [-0.3, -0.25) is 4.79 Å². The van der Waals surface area contributed by atoms with Gasteiger partial charge in [-0.1, -0.05) is 12.1 Å². The van der Waals surface area contributed by atoms with Crippen molar-refractivity contribution in [2.24, 2.45) is 0 Å². The number of methoxy groups -OCH3 is 1. The smallest absolute Gasteiger partial charge is 0.314 e. The number of carbonyl (C=O) groups is 1. The predicted octanol–water partition coefficient (Wildman–Crippen LogP) is 2.58. The van der Waals surface area contributed by atoms with Crippen LogP contribution in [0, 0.1) is 0 Å². The molecule has 2 nitrogen and oxygen atoms in total. The molecule has 1 heterocycles. The van der Waals surface area contributed by atoms with Gasteiger partial charge in [-0.15, -0.1) is 17.9 Å². The van der Waals surface area contributed by atoms with Crippen LogP contribution in [0.2, 0.25) is 0 Å². The van der Waals surface area contributed by atoms with Gasteiger partial charge < -0.3 is 4.74 Å². The van der Waals surface area contributed by atoms with Crippen LogP contribution in [0.1, 0.15) is 17.2 Å². The molecule has 1 aromatic rings. The number of hydrogen-bond acceptors (Lipinski definition) is 3. The standard InChI is InChI=1S/C10H12O2S/c1-3-5-8(10(11)12-2)9-6-4-7-13-9/h3-4,6-8H,1,5H2,2H3. The van der Waals surface area contributed by atoms with Crippen LogP contribution in [0.3, 0.4) is 0 Å². The Morgan fingerprint density at radius 3 is 3.08 bits per heavy atom. The van der Waals surface area contributed by atoms with E-state index < -0.39 is 0 Å². The molecular formula is C10H12O2S. The van der Waals surface area contributed by atoms with E-state index >= 15 is 0 Å². The fourth-order valence-electron chi connectivity index (χ4n) is 1.13. The molecule has 0 aliphatic rings. The summed E-state index contributed by atoms with van der Waals surface area (Å²) in [4.78, 5) is 12.4. The van der Waals surface area contributed by atoms with Crippen molar-refractivity contribution in [3.8, 4) is 0 Å². The van der Waals surface area contributed by atoms with Crippen molar-refractivity contribution >= 4 is 17.3 Å². The van der Waals surface area contributed by atoms with Gasteiger partial charge in [0.05, 0.1) is 13.0 Å². The molecule has 0 bridgehead atoms. The van der Waals surface area contributed by atoms with Crippen LogP contribution < -0.4 is 0 Å². The molecule has 1 aromatic heterocycles. The first-order chi connectivity index (χ1) is 6.29. The molecule has 3 heteroatoms. The Labute approximate surface area is 81.8 Å². The highest BCUT2D eigenvalue weighted by Crippen LogP contribution is 2.25. The first-order valence-electron chi connectivity index (χ1n) is 4.01. The lowest BCUT2D eigenvalue weighted by atomic mass is 10.0. The topological polar surface area (TPSA) is 26.3 Å². The van der Waals surface area contributed by atoms with E-state index in [1.54, 1.807) is 17.4 Å². The van der Waals surface area contributed by atoms with Crippen LogP contribution in [0.5, 0.6) is 0 Å². The number of carbonyl (C=O) groups excluding carboxylic acids is 1. The van der Waals surface area contributed by atoms with Gasteiger partial charge in [-0.05, 0) is 17.9 Å². The van der Waals surface area contributed by atoms with Gasteiger partial charge in [0.25, 0.3) is 0 Å². The molecule has 0 saturated carbocycles. The lowest BCUT2D eigenvalue weighted by Crippen LogP contribution is -2.12. The summed E-state index contributed by atoms with van der Waals surface area (Å²) in [5, 5.41) is 1.95. The zero-order chi connectivity index (χ0) is 9.68. The predicted molar refractivity (Wildman–Crippen MR) is 53.9 cm³/mol. The van der Waals surface area contributed by atoms with Gasteiger partial charge in [0.1, 0.15) is 0 Å². The van der Waals surface area contributed by atoms with E-state index in [0.717, 1.165) is 4.88 Å². The SMILES string of the molecule is C=CCC(C(=O)OC)c1cccs1. The Morgan fingerprint density at radius 1 is 1.85 bits per heavy atom. The molecule has 0 saturated heterocycles. The second kappa shape index (κ2) is 4.82. The van der Waals surface area contributed by atoms with Gasteiger partial charge in [0.2, 0.25) is 0 Å². The zero-order valence-corrected chi connectivity index (χ0v) is 8.34. The highest BCUT2D eigenvalue weighted by atomic mass is 32.1. The lowest BCUT2D eigenvalue weighted by molar-refractivity contribution is -0.142. The maximum atomic E-state index is 11.3. The van der Waals surface area contributed by atoms with Crippen molar-refractivity contribution in [2.75, 3.05) is 7.11 Å². The molecule has 0 spiro atoms. The van der Waals surface area contributed by atoms with Crippen LogP contribution in [-0.2, 0) is 9.53 Å². The summed E-state index contributed by atoms with van der Waals surface area (Å²) in [6.07, 6.45) is 2.37. The fourth-order valence-corrected chi connectivity index (χ4v) is 1.96. The van der Waals surface area contributed by atoms with Crippen LogP contribution in [-0.4, -0.2) is 13.1 Å². The van der Waals surface area contributed by atoms with Crippen LogP contribution in [0.4, 0.5) is 0 Å². The third-order valence-electron chi connectivity index (χ3n) is 1.77. The van der Waals surface area contributed by atoms with Crippen molar-refractivity contribution in [3.63, 3.8) is 0 Å². The van der Waals surface area contributed by atoms with E-state index in [1.807, 2.05) is 17.5 Å². The first-order valence-corrected chi connectivity index (χ1v) is 4.89. The van der Waals surface area contributed by atoms with Crippen molar-refractivity contribution in [3.05, 3.63) is 35.0 Å². The quantitative estimate of drug-likeness (QED) is 0.546. The summed E-state index contributed by atoms with van der Waals surface area (Å²) in [6, 6.07) is 3.87. The minimum absolute atomic E-state index is 0.178. The van der Waals surface area contributed by atoms with Gasteiger partial charge >= 0.3 is 5.97 Å². The normalized spacial score (nSPS) is 12.1. The molecule has 0 fully saturated rings. The monoisotopic (exact) mass is 196 g/mol. The van der Waals surface area contributed by atoms with E-state index in [9.17, 15) is 4.79 Å². The van der Waals surface area contributed by atoms with E-state index in [-0.39, 0.29) is 11.9 Å². The first kappa shape index (κ1) is 9.99. The summed E-state index contributed by atoms with van der Waals surface area (Å²) in [6.45, 7) is 3.62. The highest BCUT2D eigenvalue weighted by Gasteiger charge is 2.20. The second-order valence-corrected chi connectivity index (χ2v) is 3.59. The number of esters is 1. The summed E-state index contributed by atoms with van der Waals surface area (Å²) in [7, 11) is 1.41. The molecule has 1 rings (SSSR count). The molecule has 0 amide bonds. The largest absolute Gasteiger partial charge is 0.469 e. The molecule has 0 radical (unpaired) electrons. The van der Waals surface area contributed by atoms with E-state index in [1.165, 1.54) is 7.11 Å². The summed E-state index contributed by atoms with van der Waals surface area (Å²) in [5.74, 6) is -0.371. The summed E-state index contributed by atoms with van der Waals surface area (Å²) in [5.41, 5.74) is 0. The average Bonchev–Trinajstić information content (AvgIpc) is 2.65. The molecule has 0 aromatic carbocycles. The van der Waals surface area contributed by atoms with Crippen LogP contribution >= 0.6 is 11.3 Å². The molecule has 13 heavy (non-hydrogen) atoms. The summed E-state index contributed by atoms with van der Waals surface area (Å²) < 4.78 is 4.71. The van der Waals surface area contributed by atoms with Gasteiger partial charge in [-0.2, -0.15) is 0 Å². The highest BCUT2D eigenvalue weighted by molar-refractivity contribution is 7.10. The van der Waals surface area contributed by atoms with Gasteiger partial charge in [0.15, 0.2) is 0 Å². The van der Waals surface area contributed by atoms with Crippen molar-refractivity contribution in [1.29, 1.82) is 0 Å². The molecule has 70 valence electrons. The Morgan fingerprint density at radius 2 is 2.62 bits per heavy atom.